The average molecular weight is 243 g/mol. The summed E-state index contributed by atoms with van der Waals surface area (Å²) >= 11 is 0. The van der Waals surface area contributed by atoms with E-state index >= 15 is 0 Å². The SMILES string of the molecule is CCNc1ncnc(-n2ccc(C3CC3)n2)c1C. The van der Waals surface area contributed by atoms with Gasteiger partial charge in [-0.15, -0.1) is 0 Å². The predicted octanol–water partition coefficient (Wildman–Crippen LogP) is 2.28. The minimum Gasteiger partial charge on any atom is -0.370 e. The zero-order valence-electron chi connectivity index (χ0n) is 10.7. The molecule has 0 spiro atoms. The molecule has 0 saturated heterocycles. The predicted molar refractivity (Wildman–Crippen MR) is 70.0 cm³/mol. The first-order valence-electron chi connectivity index (χ1n) is 6.41. The van der Waals surface area contributed by atoms with E-state index < -0.39 is 0 Å². The lowest BCUT2D eigenvalue weighted by Gasteiger charge is -2.09. The highest BCUT2D eigenvalue weighted by atomic mass is 15.3. The van der Waals surface area contributed by atoms with Crippen molar-refractivity contribution in [3.05, 3.63) is 29.8 Å². The number of rotatable bonds is 4. The van der Waals surface area contributed by atoms with Gasteiger partial charge in [0.05, 0.1) is 5.69 Å². The fourth-order valence-corrected chi connectivity index (χ4v) is 2.07. The molecule has 3 rings (SSSR count). The van der Waals surface area contributed by atoms with Crippen LogP contribution in [0.1, 0.15) is 36.9 Å². The minimum atomic E-state index is 0.668. The summed E-state index contributed by atoms with van der Waals surface area (Å²) in [4.78, 5) is 8.58. The molecule has 1 fully saturated rings. The van der Waals surface area contributed by atoms with Crippen molar-refractivity contribution >= 4 is 5.82 Å². The summed E-state index contributed by atoms with van der Waals surface area (Å²) in [6, 6.07) is 2.09. The van der Waals surface area contributed by atoms with Gasteiger partial charge in [0.1, 0.15) is 12.1 Å². The van der Waals surface area contributed by atoms with E-state index in [0.29, 0.717) is 5.92 Å². The van der Waals surface area contributed by atoms with Gasteiger partial charge in [0.2, 0.25) is 0 Å². The van der Waals surface area contributed by atoms with E-state index in [1.165, 1.54) is 18.5 Å². The van der Waals surface area contributed by atoms with Gasteiger partial charge in [-0.1, -0.05) is 0 Å². The van der Waals surface area contributed by atoms with Crippen LogP contribution in [-0.4, -0.2) is 26.3 Å². The van der Waals surface area contributed by atoms with Crippen molar-refractivity contribution < 1.29 is 0 Å². The molecule has 0 unspecified atom stereocenters. The maximum Gasteiger partial charge on any atom is 0.161 e. The van der Waals surface area contributed by atoms with Gasteiger partial charge in [-0.2, -0.15) is 5.10 Å². The van der Waals surface area contributed by atoms with Gasteiger partial charge < -0.3 is 5.32 Å². The quantitative estimate of drug-likeness (QED) is 0.895. The molecule has 1 N–H and O–H groups in total. The Hall–Kier alpha value is -1.91. The van der Waals surface area contributed by atoms with E-state index in [1.54, 1.807) is 6.33 Å². The molecule has 94 valence electrons. The second kappa shape index (κ2) is 4.40. The highest BCUT2D eigenvalue weighted by Crippen LogP contribution is 2.39. The van der Waals surface area contributed by atoms with Gasteiger partial charge in [0.25, 0.3) is 0 Å². The van der Waals surface area contributed by atoms with Crippen molar-refractivity contribution in [1.29, 1.82) is 0 Å². The van der Waals surface area contributed by atoms with Crippen LogP contribution in [0.15, 0.2) is 18.6 Å². The molecule has 0 aromatic carbocycles. The Morgan fingerprint density at radius 2 is 2.22 bits per heavy atom. The Balaban J connectivity index is 1.96. The lowest BCUT2D eigenvalue weighted by atomic mass is 10.3. The van der Waals surface area contributed by atoms with Crippen LogP contribution in [0.3, 0.4) is 0 Å². The zero-order valence-corrected chi connectivity index (χ0v) is 10.7. The van der Waals surface area contributed by atoms with Gasteiger partial charge in [0.15, 0.2) is 5.82 Å². The molecular formula is C13H17N5. The van der Waals surface area contributed by atoms with Gasteiger partial charge in [-0.05, 0) is 32.8 Å². The number of nitrogens with one attached hydrogen (secondary N) is 1. The normalized spacial score (nSPS) is 14.8. The molecule has 2 aromatic heterocycles. The van der Waals surface area contributed by atoms with Crippen molar-refractivity contribution in [1.82, 2.24) is 19.7 Å². The van der Waals surface area contributed by atoms with E-state index in [4.69, 9.17) is 0 Å². The van der Waals surface area contributed by atoms with E-state index in [9.17, 15) is 0 Å². The Labute approximate surface area is 106 Å². The molecule has 0 aliphatic heterocycles. The molecule has 5 heteroatoms. The largest absolute Gasteiger partial charge is 0.370 e. The summed E-state index contributed by atoms with van der Waals surface area (Å²) in [6.45, 7) is 4.93. The number of aromatic nitrogens is 4. The molecule has 1 saturated carbocycles. The molecule has 2 heterocycles. The molecule has 1 aliphatic rings. The summed E-state index contributed by atoms with van der Waals surface area (Å²) in [7, 11) is 0. The molecule has 0 bridgehead atoms. The maximum atomic E-state index is 4.60. The van der Waals surface area contributed by atoms with Gasteiger partial charge in [0, 0.05) is 24.2 Å². The molecule has 2 aromatic rings. The second-order valence-corrected chi connectivity index (χ2v) is 4.66. The smallest absolute Gasteiger partial charge is 0.161 e. The third-order valence-corrected chi connectivity index (χ3v) is 3.22. The number of anilines is 1. The van der Waals surface area contributed by atoms with E-state index in [2.05, 4.69) is 33.4 Å². The number of hydrogen-bond acceptors (Lipinski definition) is 4. The van der Waals surface area contributed by atoms with Gasteiger partial charge >= 0.3 is 0 Å². The first kappa shape index (κ1) is 11.2. The van der Waals surface area contributed by atoms with Crippen LogP contribution in [0.25, 0.3) is 5.82 Å². The van der Waals surface area contributed by atoms with E-state index in [0.717, 1.165) is 23.7 Å². The van der Waals surface area contributed by atoms with Crippen LogP contribution < -0.4 is 5.32 Å². The fourth-order valence-electron chi connectivity index (χ4n) is 2.07. The Morgan fingerprint density at radius 1 is 1.39 bits per heavy atom. The van der Waals surface area contributed by atoms with Crippen molar-refractivity contribution in [3.8, 4) is 5.82 Å². The van der Waals surface area contributed by atoms with Crippen molar-refractivity contribution in [2.45, 2.75) is 32.6 Å². The highest BCUT2D eigenvalue weighted by molar-refractivity contribution is 5.50. The molecule has 1 aliphatic carbocycles. The average Bonchev–Trinajstić information content (AvgIpc) is 3.11. The monoisotopic (exact) mass is 243 g/mol. The molecule has 0 radical (unpaired) electrons. The lowest BCUT2D eigenvalue weighted by Crippen LogP contribution is -2.08. The van der Waals surface area contributed by atoms with Crippen LogP contribution in [0.4, 0.5) is 5.82 Å². The fraction of sp³-hybridized carbons (Fsp3) is 0.462. The third kappa shape index (κ3) is 1.96. The summed E-state index contributed by atoms with van der Waals surface area (Å²) in [5.41, 5.74) is 2.21. The lowest BCUT2D eigenvalue weighted by molar-refractivity contribution is 0.800. The van der Waals surface area contributed by atoms with Crippen LogP contribution in [0.5, 0.6) is 0 Å². The van der Waals surface area contributed by atoms with Crippen molar-refractivity contribution in [3.63, 3.8) is 0 Å². The second-order valence-electron chi connectivity index (χ2n) is 4.66. The number of nitrogens with zero attached hydrogens (tertiary/aromatic N) is 4. The molecule has 5 nitrogen and oxygen atoms in total. The summed E-state index contributed by atoms with van der Waals surface area (Å²) < 4.78 is 1.85. The molecule has 0 amide bonds. The molecule has 18 heavy (non-hydrogen) atoms. The van der Waals surface area contributed by atoms with Crippen molar-refractivity contribution in [2.75, 3.05) is 11.9 Å². The molecule has 0 atom stereocenters. The van der Waals surface area contributed by atoms with Gasteiger partial charge in [-0.25, -0.2) is 14.6 Å². The Bertz CT molecular complexity index is 556. The molecular weight excluding hydrogens is 226 g/mol. The first-order valence-corrected chi connectivity index (χ1v) is 6.41. The van der Waals surface area contributed by atoms with Gasteiger partial charge in [-0.3, -0.25) is 0 Å². The van der Waals surface area contributed by atoms with Crippen LogP contribution >= 0.6 is 0 Å². The first-order chi connectivity index (χ1) is 8.79. The third-order valence-electron chi connectivity index (χ3n) is 3.22. The topological polar surface area (TPSA) is 55.6 Å². The van der Waals surface area contributed by atoms with Crippen LogP contribution in [-0.2, 0) is 0 Å². The summed E-state index contributed by atoms with van der Waals surface area (Å²) in [5.74, 6) is 2.40. The highest BCUT2D eigenvalue weighted by Gasteiger charge is 2.26. The summed E-state index contributed by atoms with van der Waals surface area (Å²) in [5, 5.41) is 7.84. The standard InChI is InChI=1S/C13H17N5/c1-3-14-12-9(2)13(16-8-15-12)18-7-6-11(17-18)10-4-5-10/h6-8,10H,3-5H2,1-2H3,(H,14,15,16). The zero-order chi connectivity index (χ0) is 12.5. The Morgan fingerprint density at radius 3 is 2.94 bits per heavy atom. The Kier molecular flexibility index (Phi) is 2.74. The van der Waals surface area contributed by atoms with E-state index in [-0.39, 0.29) is 0 Å². The van der Waals surface area contributed by atoms with Crippen LogP contribution in [0.2, 0.25) is 0 Å². The summed E-state index contributed by atoms with van der Waals surface area (Å²) in [6.07, 6.45) is 6.10. The van der Waals surface area contributed by atoms with Crippen molar-refractivity contribution in [2.24, 2.45) is 0 Å². The van der Waals surface area contributed by atoms with E-state index in [1.807, 2.05) is 17.8 Å². The van der Waals surface area contributed by atoms with Crippen LogP contribution in [0, 0.1) is 6.92 Å². The minimum absolute atomic E-state index is 0.668. The maximum absolute atomic E-state index is 4.60. The number of hydrogen-bond donors (Lipinski definition) is 1.